The highest BCUT2D eigenvalue weighted by atomic mass is 16.5. The predicted octanol–water partition coefficient (Wildman–Crippen LogP) is -0.628. The van der Waals surface area contributed by atoms with Crippen LogP contribution in [-0.2, 0) is 14.3 Å². The average Bonchev–Trinajstić information content (AvgIpc) is 2.49. The van der Waals surface area contributed by atoms with Gasteiger partial charge in [0.25, 0.3) is 0 Å². The van der Waals surface area contributed by atoms with Gasteiger partial charge >= 0.3 is 0 Å². The molecule has 0 aromatic carbocycles. The maximum Gasteiger partial charge on any atom is 0.239 e. The lowest BCUT2D eigenvalue weighted by Gasteiger charge is -2.38. The Morgan fingerprint density at radius 2 is 2.25 bits per heavy atom. The van der Waals surface area contributed by atoms with Crippen LogP contribution in [0.3, 0.4) is 0 Å². The number of nitrogens with two attached hydrogens (primary N) is 1. The Hall–Kier alpha value is -1.18. The average molecular weight is 286 g/mol. The van der Waals surface area contributed by atoms with Crippen LogP contribution >= 0.6 is 0 Å². The van der Waals surface area contributed by atoms with E-state index in [2.05, 4.69) is 15.6 Å². The summed E-state index contributed by atoms with van der Waals surface area (Å²) in [7, 11) is 0. The van der Waals surface area contributed by atoms with Crippen LogP contribution in [-0.4, -0.2) is 55.1 Å². The zero-order chi connectivity index (χ0) is 15.0. The molecule has 2 atom stereocenters. The highest BCUT2D eigenvalue weighted by molar-refractivity contribution is 5.82. The smallest absolute Gasteiger partial charge is 0.239 e. The minimum atomic E-state index is -0.272. The van der Waals surface area contributed by atoms with Crippen LogP contribution in [0.5, 0.6) is 0 Å². The molecule has 1 rings (SSSR count). The third-order valence-corrected chi connectivity index (χ3v) is 3.54. The van der Waals surface area contributed by atoms with E-state index in [1.807, 2.05) is 13.8 Å². The molecule has 0 aromatic heterocycles. The van der Waals surface area contributed by atoms with E-state index in [0.717, 1.165) is 6.42 Å². The third kappa shape index (κ3) is 5.07. The van der Waals surface area contributed by atoms with Gasteiger partial charge in [0.05, 0.1) is 13.2 Å². The van der Waals surface area contributed by atoms with Crippen molar-refractivity contribution in [1.82, 2.24) is 15.6 Å². The summed E-state index contributed by atoms with van der Waals surface area (Å²) in [6.07, 6.45) is 1.93. The molecule has 20 heavy (non-hydrogen) atoms. The summed E-state index contributed by atoms with van der Waals surface area (Å²) in [6, 6.07) is -0.139. The van der Waals surface area contributed by atoms with Crippen molar-refractivity contribution >= 4 is 11.8 Å². The lowest BCUT2D eigenvalue weighted by Crippen LogP contribution is -2.56. The minimum Gasteiger partial charge on any atom is -0.378 e. The zero-order valence-electron chi connectivity index (χ0n) is 12.4. The van der Waals surface area contributed by atoms with Gasteiger partial charge in [-0.15, -0.1) is 0 Å². The Bertz CT molecular complexity index is 325. The number of carbonyl (C=O) groups excluding carboxylic acids is 2. The standard InChI is InChI=1S/C13H26N4O3/c1-3-6-15-13(19)11-9-20-8-7-17(11)10(2)4-5-12(18)16-14/h10-11H,3-9,14H2,1-2H3,(H,15,19)(H,16,18). The van der Waals surface area contributed by atoms with Crippen molar-refractivity contribution < 1.29 is 14.3 Å². The van der Waals surface area contributed by atoms with Gasteiger partial charge in [0.1, 0.15) is 6.04 Å². The molecular formula is C13H26N4O3. The second-order valence-electron chi connectivity index (χ2n) is 5.07. The van der Waals surface area contributed by atoms with E-state index in [0.29, 0.717) is 39.1 Å². The molecule has 1 heterocycles. The van der Waals surface area contributed by atoms with Gasteiger partial charge in [-0.1, -0.05) is 6.92 Å². The van der Waals surface area contributed by atoms with Crippen LogP contribution in [0.4, 0.5) is 0 Å². The Kier molecular flexibility index (Phi) is 7.50. The molecule has 0 radical (unpaired) electrons. The fourth-order valence-corrected chi connectivity index (χ4v) is 2.31. The van der Waals surface area contributed by atoms with Crippen molar-refractivity contribution in [2.24, 2.45) is 5.84 Å². The molecule has 0 spiro atoms. The quantitative estimate of drug-likeness (QED) is 0.329. The fraction of sp³-hybridized carbons (Fsp3) is 0.846. The van der Waals surface area contributed by atoms with Gasteiger partial charge in [-0.05, 0) is 19.8 Å². The summed E-state index contributed by atoms with van der Waals surface area (Å²) >= 11 is 0. The van der Waals surface area contributed by atoms with Gasteiger partial charge < -0.3 is 10.1 Å². The fourth-order valence-electron chi connectivity index (χ4n) is 2.31. The van der Waals surface area contributed by atoms with Gasteiger partial charge in [-0.25, -0.2) is 5.84 Å². The monoisotopic (exact) mass is 286 g/mol. The Labute approximate surface area is 120 Å². The zero-order valence-corrected chi connectivity index (χ0v) is 12.4. The molecule has 1 fully saturated rings. The van der Waals surface area contributed by atoms with E-state index in [-0.39, 0.29) is 23.9 Å². The van der Waals surface area contributed by atoms with Gasteiger partial charge in [0.15, 0.2) is 0 Å². The van der Waals surface area contributed by atoms with Crippen LogP contribution in [0, 0.1) is 0 Å². The lowest BCUT2D eigenvalue weighted by molar-refractivity contribution is -0.134. The van der Waals surface area contributed by atoms with Crippen molar-refractivity contribution in [3.63, 3.8) is 0 Å². The third-order valence-electron chi connectivity index (χ3n) is 3.54. The number of ether oxygens (including phenoxy) is 1. The van der Waals surface area contributed by atoms with E-state index < -0.39 is 0 Å². The van der Waals surface area contributed by atoms with Crippen molar-refractivity contribution in [3.8, 4) is 0 Å². The first-order valence-electron chi connectivity index (χ1n) is 7.20. The van der Waals surface area contributed by atoms with Gasteiger partial charge in [-0.3, -0.25) is 19.9 Å². The number of hydrogen-bond donors (Lipinski definition) is 3. The van der Waals surface area contributed by atoms with Crippen LogP contribution < -0.4 is 16.6 Å². The molecule has 1 aliphatic heterocycles. The number of rotatable bonds is 7. The molecule has 1 saturated heterocycles. The predicted molar refractivity (Wildman–Crippen MR) is 75.6 cm³/mol. The summed E-state index contributed by atoms with van der Waals surface area (Å²) in [5, 5.41) is 2.90. The second-order valence-corrected chi connectivity index (χ2v) is 5.07. The lowest BCUT2D eigenvalue weighted by atomic mass is 10.1. The molecular weight excluding hydrogens is 260 g/mol. The maximum absolute atomic E-state index is 12.1. The number of carbonyl (C=O) groups is 2. The molecule has 7 heteroatoms. The normalized spacial score (nSPS) is 21.2. The topological polar surface area (TPSA) is 96.7 Å². The summed E-state index contributed by atoms with van der Waals surface area (Å²) in [5.41, 5.74) is 2.12. The molecule has 2 unspecified atom stereocenters. The SMILES string of the molecule is CCCNC(=O)C1COCCN1C(C)CCC(=O)NN. The van der Waals surface area contributed by atoms with Crippen LogP contribution in [0.15, 0.2) is 0 Å². The molecule has 2 amide bonds. The first kappa shape index (κ1) is 16.9. The first-order chi connectivity index (χ1) is 9.60. The number of hydrogen-bond acceptors (Lipinski definition) is 5. The molecule has 0 aliphatic carbocycles. The van der Waals surface area contributed by atoms with E-state index in [1.165, 1.54) is 0 Å². The molecule has 116 valence electrons. The van der Waals surface area contributed by atoms with Gasteiger partial charge in [0, 0.05) is 25.6 Å². The summed E-state index contributed by atoms with van der Waals surface area (Å²) in [6.45, 7) is 6.44. The van der Waals surface area contributed by atoms with Gasteiger partial charge in [-0.2, -0.15) is 0 Å². The Balaban J connectivity index is 2.54. The van der Waals surface area contributed by atoms with E-state index in [9.17, 15) is 9.59 Å². The number of nitrogens with zero attached hydrogens (tertiary/aromatic N) is 1. The van der Waals surface area contributed by atoms with Gasteiger partial charge in [0.2, 0.25) is 11.8 Å². The Morgan fingerprint density at radius 1 is 1.50 bits per heavy atom. The highest BCUT2D eigenvalue weighted by Gasteiger charge is 2.32. The van der Waals surface area contributed by atoms with Crippen molar-refractivity contribution in [1.29, 1.82) is 0 Å². The molecule has 1 aliphatic rings. The van der Waals surface area contributed by atoms with Crippen LogP contribution in [0.1, 0.15) is 33.1 Å². The molecule has 0 aromatic rings. The van der Waals surface area contributed by atoms with E-state index in [1.54, 1.807) is 0 Å². The Morgan fingerprint density at radius 3 is 2.90 bits per heavy atom. The summed E-state index contributed by atoms with van der Waals surface area (Å²) in [4.78, 5) is 25.4. The van der Waals surface area contributed by atoms with Crippen LogP contribution in [0.25, 0.3) is 0 Å². The number of nitrogens with one attached hydrogen (secondary N) is 2. The second kappa shape index (κ2) is 8.89. The summed E-state index contributed by atoms with van der Waals surface area (Å²) in [5.74, 6) is 4.89. The molecule has 0 bridgehead atoms. The maximum atomic E-state index is 12.1. The largest absolute Gasteiger partial charge is 0.378 e. The van der Waals surface area contributed by atoms with Crippen molar-refractivity contribution in [3.05, 3.63) is 0 Å². The molecule has 0 saturated carbocycles. The highest BCUT2D eigenvalue weighted by Crippen LogP contribution is 2.15. The number of morpholine rings is 1. The summed E-state index contributed by atoms with van der Waals surface area (Å²) < 4.78 is 5.41. The van der Waals surface area contributed by atoms with Crippen molar-refractivity contribution in [2.75, 3.05) is 26.3 Å². The van der Waals surface area contributed by atoms with E-state index in [4.69, 9.17) is 10.6 Å². The van der Waals surface area contributed by atoms with Crippen LogP contribution in [0.2, 0.25) is 0 Å². The number of amides is 2. The molecule has 4 N–H and O–H groups in total. The molecule has 7 nitrogen and oxygen atoms in total. The number of hydrazine groups is 1. The first-order valence-corrected chi connectivity index (χ1v) is 7.20. The van der Waals surface area contributed by atoms with Crippen molar-refractivity contribution in [2.45, 2.75) is 45.2 Å². The minimum absolute atomic E-state index is 0.00155. The van der Waals surface area contributed by atoms with E-state index >= 15 is 0 Å².